The fourth-order valence-corrected chi connectivity index (χ4v) is 2.53. The van der Waals surface area contributed by atoms with Crippen molar-refractivity contribution in [2.75, 3.05) is 0 Å². The zero-order chi connectivity index (χ0) is 21.3. The van der Waals surface area contributed by atoms with Crippen LogP contribution in [0.4, 0.5) is 0 Å². The van der Waals surface area contributed by atoms with Crippen molar-refractivity contribution in [3.63, 3.8) is 0 Å². The molecule has 0 aliphatic carbocycles. The Bertz CT molecular complexity index is 1020. The fourth-order valence-electron chi connectivity index (χ4n) is 2.53. The van der Waals surface area contributed by atoms with Crippen LogP contribution in [0.5, 0.6) is 0 Å². The van der Waals surface area contributed by atoms with E-state index in [2.05, 4.69) is 26.0 Å². The molecule has 9 heteroatoms. The third-order valence-corrected chi connectivity index (χ3v) is 4.21. The van der Waals surface area contributed by atoms with Crippen LogP contribution in [0, 0.1) is 0 Å². The minimum atomic E-state index is -0.299. The number of rotatable bonds is 6. The summed E-state index contributed by atoms with van der Waals surface area (Å²) in [6.07, 6.45) is 0. The summed E-state index contributed by atoms with van der Waals surface area (Å²) in [4.78, 5) is 28.8. The molecule has 8 nitrogen and oxygen atoms in total. The molecule has 0 unspecified atom stereocenters. The Kier molecular flexibility index (Phi) is 10.6. The van der Waals surface area contributed by atoms with Gasteiger partial charge in [0, 0.05) is 28.2 Å². The molecule has 3 aromatic rings. The largest absolute Gasteiger partial charge is 0.412 e. The maximum Gasteiger partial charge on any atom is 0.271 e. The van der Waals surface area contributed by atoms with Crippen LogP contribution in [-0.2, 0) is 17.1 Å². The van der Waals surface area contributed by atoms with Gasteiger partial charge in [0.25, 0.3) is 11.8 Å². The molecule has 0 saturated carbocycles. The Labute approximate surface area is 196 Å². The topological polar surface area (TPSA) is 127 Å². The van der Waals surface area contributed by atoms with Gasteiger partial charge in [0.15, 0.2) is 0 Å². The van der Waals surface area contributed by atoms with E-state index in [0.29, 0.717) is 33.9 Å². The van der Waals surface area contributed by atoms with E-state index in [4.69, 9.17) is 0 Å². The molecule has 32 heavy (non-hydrogen) atoms. The van der Waals surface area contributed by atoms with E-state index >= 15 is 0 Å². The third-order valence-electron chi connectivity index (χ3n) is 4.21. The van der Waals surface area contributed by atoms with Crippen LogP contribution in [0.25, 0.3) is 0 Å². The predicted molar refractivity (Wildman–Crippen MR) is 120 cm³/mol. The van der Waals surface area contributed by atoms with Gasteiger partial charge in [0.2, 0.25) is 0 Å². The van der Waals surface area contributed by atoms with Gasteiger partial charge >= 0.3 is 0 Å². The molecule has 4 N–H and O–H groups in total. The van der Waals surface area contributed by atoms with E-state index in [9.17, 15) is 9.59 Å². The van der Waals surface area contributed by atoms with Crippen molar-refractivity contribution in [3.05, 3.63) is 101 Å². The van der Waals surface area contributed by atoms with Crippen molar-refractivity contribution in [2.45, 2.75) is 13.8 Å². The van der Waals surface area contributed by atoms with Gasteiger partial charge < -0.3 is 5.48 Å². The van der Waals surface area contributed by atoms with Crippen molar-refractivity contribution in [3.8, 4) is 0 Å². The second kappa shape index (κ2) is 12.9. The molecule has 0 atom stereocenters. The molecule has 0 aliphatic rings. The fraction of sp³-hybridized carbons (Fsp3) is 0.0870. The molecule has 1 aromatic heterocycles. The van der Waals surface area contributed by atoms with Crippen molar-refractivity contribution < 1.29 is 32.1 Å². The SMILES string of the molecule is C/C(=N/NC(=O)c1ccccc1)c1cccc(/C(C)=N/NC(=O)c2ccccc2)n1.O.[Cu]. The summed E-state index contributed by atoms with van der Waals surface area (Å²) in [5, 5.41) is 8.26. The Hall–Kier alpha value is -3.65. The summed E-state index contributed by atoms with van der Waals surface area (Å²) in [7, 11) is 0. The molecule has 2 aromatic carbocycles. The van der Waals surface area contributed by atoms with Crippen molar-refractivity contribution in [1.82, 2.24) is 15.8 Å². The third kappa shape index (κ3) is 7.24. The monoisotopic (exact) mass is 480 g/mol. The Balaban J connectivity index is 0.00000256. The van der Waals surface area contributed by atoms with Gasteiger partial charge in [-0.3, -0.25) is 9.59 Å². The summed E-state index contributed by atoms with van der Waals surface area (Å²) in [5.41, 5.74) is 8.36. The minimum absolute atomic E-state index is 0. The number of hydrogen-bond donors (Lipinski definition) is 2. The molecular weight excluding hydrogens is 458 g/mol. The normalized spacial score (nSPS) is 10.9. The van der Waals surface area contributed by atoms with E-state index < -0.39 is 0 Å². The van der Waals surface area contributed by atoms with E-state index in [1.54, 1.807) is 74.5 Å². The smallest absolute Gasteiger partial charge is 0.271 e. The van der Waals surface area contributed by atoms with Crippen LogP contribution in [0.2, 0.25) is 0 Å². The molecule has 2 amide bonds. The summed E-state index contributed by atoms with van der Waals surface area (Å²) in [6.45, 7) is 3.50. The number of carbonyl (C=O) groups excluding carboxylic acids is 2. The van der Waals surface area contributed by atoms with E-state index in [-0.39, 0.29) is 34.4 Å². The quantitative estimate of drug-likeness (QED) is 0.319. The van der Waals surface area contributed by atoms with Gasteiger partial charge in [-0.1, -0.05) is 42.5 Å². The van der Waals surface area contributed by atoms with Crippen LogP contribution in [0.1, 0.15) is 46.0 Å². The predicted octanol–water partition coefficient (Wildman–Crippen LogP) is 2.56. The number of hydrazone groups is 2. The number of pyridine rings is 1. The zero-order valence-electron chi connectivity index (χ0n) is 17.5. The standard InChI is InChI=1S/C23H21N5O2.Cu.H2O/c1-16(25-27-22(29)18-10-5-3-6-11-18)20-14-9-15-21(24-20)17(2)26-28-23(30)19-12-7-4-8-13-19;;/h3-15H,1-2H3,(H,27,29)(H,28,30);;1H2/b25-16-,26-17+;;. The summed E-state index contributed by atoms with van der Waals surface area (Å²) >= 11 is 0. The van der Waals surface area contributed by atoms with Gasteiger partial charge in [-0.25, -0.2) is 15.8 Å². The second-order valence-corrected chi connectivity index (χ2v) is 6.42. The molecule has 0 fully saturated rings. The van der Waals surface area contributed by atoms with Gasteiger partial charge in [-0.2, -0.15) is 10.2 Å². The first-order valence-corrected chi connectivity index (χ1v) is 9.32. The van der Waals surface area contributed by atoms with E-state index in [0.717, 1.165) is 0 Å². The number of benzene rings is 2. The molecule has 1 radical (unpaired) electrons. The molecule has 1 heterocycles. The van der Waals surface area contributed by atoms with Gasteiger partial charge in [0.1, 0.15) is 0 Å². The maximum absolute atomic E-state index is 12.1. The van der Waals surface area contributed by atoms with Crippen LogP contribution >= 0.6 is 0 Å². The number of carbonyl (C=O) groups is 2. The average molecular weight is 481 g/mol. The summed E-state index contributed by atoms with van der Waals surface area (Å²) < 4.78 is 0. The number of amides is 2. The molecule has 3 rings (SSSR count). The molecule has 0 saturated heterocycles. The molecule has 0 aliphatic heterocycles. The molecular formula is C23H23CuN5O3. The summed E-state index contributed by atoms with van der Waals surface area (Å²) in [5.74, 6) is -0.597. The molecule has 169 valence electrons. The Morgan fingerprint density at radius 2 is 1.03 bits per heavy atom. The first-order valence-electron chi connectivity index (χ1n) is 9.32. The van der Waals surface area contributed by atoms with Crippen LogP contribution in [0.15, 0.2) is 89.1 Å². The first kappa shape index (κ1) is 26.4. The Morgan fingerprint density at radius 3 is 1.41 bits per heavy atom. The Morgan fingerprint density at radius 1 is 0.656 bits per heavy atom. The van der Waals surface area contributed by atoms with Crippen molar-refractivity contribution >= 4 is 23.2 Å². The zero-order valence-corrected chi connectivity index (χ0v) is 18.4. The maximum atomic E-state index is 12.1. The molecule has 0 spiro atoms. The average Bonchev–Trinajstić information content (AvgIpc) is 2.81. The minimum Gasteiger partial charge on any atom is -0.412 e. The summed E-state index contributed by atoms with van der Waals surface area (Å²) in [6, 6.07) is 23.1. The van der Waals surface area contributed by atoms with Crippen molar-refractivity contribution in [1.29, 1.82) is 0 Å². The number of aromatic nitrogens is 1. The van der Waals surface area contributed by atoms with Gasteiger partial charge in [-0.15, -0.1) is 0 Å². The number of hydrogen-bond acceptors (Lipinski definition) is 5. The number of nitrogens with zero attached hydrogens (tertiary/aromatic N) is 3. The van der Waals surface area contributed by atoms with Gasteiger partial charge in [0.05, 0.1) is 22.8 Å². The van der Waals surface area contributed by atoms with Crippen LogP contribution < -0.4 is 10.9 Å². The first-order chi connectivity index (χ1) is 14.5. The second-order valence-electron chi connectivity index (χ2n) is 6.42. The van der Waals surface area contributed by atoms with Crippen LogP contribution in [-0.4, -0.2) is 33.7 Å². The van der Waals surface area contributed by atoms with Crippen molar-refractivity contribution in [2.24, 2.45) is 10.2 Å². The van der Waals surface area contributed by atoms with E-state index in [1.807, 2.05) is 18.2 Å². The van der Waals surface area contributed by atoms with E-state index in [1.165, 1.54) is 0 Å². The van der Waals surface area contributed by atoms with Crippen LogP contribution in [0.3, 0.4) is 0 Å². The number of nitrogens with one attached hydrogen (secondary N) is 2. The van der Waals surface area contributed by atoms with Gasteiger partial charge in [-0.05, 0) is 50.2 Å². The molecule has 0 bridgehead atoms.